The van der Waals surface area contributed by atoms with Crippen molar-refractivity contribution in [3.05, 3.63) is 16.4 Å². The summed E-state index contributed by atoms with van der Waals surface area (Å²) in [6.45, 7) is 3.60. The van der Waals surface area contributed by atoms with Crippen LogP contribution >= 0.6 is 11.6 Å². The first-order chi connectivity index (χ1) is 9.81. The van der Waals surface area contributed by atoms with Crippen LogP contribution in [0.3, 0.4) is 0 Å². The van der Waals surface area contributed by atoms with E-state index in [2.05, 4.69) is 10.4 Å². The number of nitrogens with one attached hydrogen (secondary N) is 1. The van der Waals surface area contributed by atoms with E-state index < -0.39 is 41.2 Å². The summed E-state index contributed by atoms with van der Waals surface area (Å²) >= 11 is 5.52. The Bertz CT molecular complexity index is 493. The van der Waals surface area contributed by atoms with Crippen LogP contribution in [0, 0.1) is 0 Å². The Morgan fingerprint density at radius 3 is 2.43 bits per heavy atom. The van der Waals surface area contributed by atoms with E-state index in [-0.39, 0.29) is 0 Å². The highest BCUT2D eigenvalue weighted by atomic mass is 35.5. The molecule has 1 rings (SSSR count). The average Bonchev–Trinajstić information content (AvgIpc) is 2.75. The fraction of sp³-hybridized carbons (Fsp3) is 0.667. The minimum atomic E-state index is -3.11. The predicted octanol–water partition coefficient (Wildman–Crippen LogP) is 3.89. The van der Waals surface area contributed by atoms with Crippen molar-refractivity contribution in [2.45, 2.75) is 45.6 Å². The van der Waals surface area contributed by atoms with Gasteiger partial charge in [-0.1, -0.05) is 24.9 Å². The van der Waals surface area contributed by atoms with Crippen molar-refractivity contribution < 1.29 is 22.4 Å². The minimum absolute atomic E-state index is 0.375. The summed E-state index contributed by atoms with van der Waals surface area (Å²) in [6.07, 6.45) is -4.63. The van der Waals surface area contributed by atoms with E-state index in [9.17, 15) is 22.4 Å². The van der Waals surface area contributed by atoms with E-state index in [1.54, 1.807) is 0 Å². The Morgan fingerprint density at radius 2 is 1.95 bits per heavy atom. The summed E-state index contributed by atoms with van der Waals surface area (Å²) in [5.41, 5.74) is -1.81. The Labute approximate surface area is 124 Å². The molecular weight excluding hydrogens is 314 g/mol. The Balaban J connectivity index is 3.05. The van der Waals surface area contributed by atoms with Crippen LogP contribution in [0.4, 0.5) is 17.6 Å². The molecule has 1 amide bonds. The van der Waals surface area contributed by atoms with E-state index >= 15 is 0 Å². The number of rotatable bonds is 7. The van der Waals surface area contributed by atoms with Gasteiger partial charge in [-0.15, -0.1) is 0 Å². The second-order valence-corrected chi connectivity index (χ2v) is 4.83. The zero-order chi connectivity index (χ0) is 16.2. The standard InChI is InChI=1S/C12H16ClF4N3O/c1-3-4-5-18-12(21)6(2)20-9(11(16)17)7(13)8(19-20)10(14)15/h6,10-11H,3-5H2,1-2H3,(H,18,21). The van der Waals surface area contributed by atoms with Crippen LogP contribution in [0.1, 0.15) is 57.0 Å². The molecule has 0 saturated heterocycles. The molecule has 1 heterocycles. The van der Waals surface area contributed by atoms with Crippen molar-refractivity contribution in [1.29, 1.82) is 0 Å². The third kappa shape index (κ3) is 4.09. The largest absolute Gasteiger partial charge is 0.354 e. The number of carbonyl (C=O) groups is 1. The summed E-state index contributed by atoms with van der Waals surface area (Å²) in [4.78, 5) is 11.8. The first-order valence-corrected chi connectivity index (χ1v) is 6.80. The molecule has 1 N–H and O–H groups in total. The third-order valence-corrected chi connectivity index (χ3v) is 3.29. The molecule has 1 aromatic rings. The fourth-order valence-electron chi connectivity index (χ4n) is 1.72. The molecule has 0 aliphatic carbocycles. The molecule has 21 heavy (non-hydrogen) atoms. The van der Waals surface area contributed by atoms with Crippen molar-refractivity contribution in [3.8, 4) is 0 Å². The topological polar surface area (TPSA) is 46.9 Å². The maximum absolute atomic E-state index is 13.0. The summed E-state index contributed by atoms with van der Waals surface area (Å²) < 4.78 is 51.9. The summed E-state index contributed by atoms with van der Waals surface area (Å²) in [7, 11) is 0. The predicted molar refractivity (Wildman–Crippen MR) is 69.8 cm³/mol. The molecule has 1 aromatic heterocycles. The highest BCUT2D eigenvalue weighted by Crippen LogP contribution is 2.36. The van der Waals surface area contributed by atoms with Gasteiger partial charge >= 0.3 is 0 Å². The number of alkyl halides is 4. The lowest BCUT2D eigenvalue weighted by Gasteiger charge is -2.15. The van der Waals surface area contributed by atoms with Gasteiger partial charge in [0.05, 0.1) is 5.02 Å². The number of aromatic nitrogens is 2. The Morgan fingerprint density at radius 1 is 1.33 bits per heavy atom. The van der Waals surface area contributed by atoms with Crippen LogP contribution in [0.2, 0.25) is 5.02 Å². The molecule has 0 aliphatic heterocycles. The fourth-order valence-corrected chi connectivity index (χ4v) is 2.01. The van der Waals surface area contributed by atoms with E-state index in [1.807, 2.05) is 6.92 Å². The summed E-state index contributed by atoms with van der Waals surface area (Å²) in [5, 5.41) is 5.11. The minimum Gasteiger partial charge on any atom is -0.354 e. The summed E-state index contributed by atoms with van der Waals surface area (Å²) in [5.74, 6) is -0.578. The van der Waals surface area contributed by atoms with Gasteiger partial charge in [0, 0.05) is 6.54 Å². The maximum Gasteiger partial charge on any atom is 0.283 e. The highest BCUT2D eigenvalue weighted by molar-refractivity contribution is 6.32. The molecule has 120 valence electrons. The number of amides is 1. The monoisotopic (exact) mass is 329 g/mol. The van der Waals surface area contributed by atoms with Gasteiger partial charge in [-0.2, -0.15) is 5.10 Å². The molecule has 0 aliphatic rings. The maximum atomic E-state index is 13.0. The molecule has 0 spiro atoms. The smallest absolute Gasteiger partial charge is 0.283 e. The lowest BCUT2D eigenvalue weighted by molar-refractivity contribution is -0.124. The molecule has 0 radical (unpaired) electrons. The number of nitrogens with zero attached hydrogens (tertiary/aromatic N) is 2. The van der Waals surface area contributed by atoms with Gasteiger partial charge in [0.25, 0.3) is 12.9 Å². The van der Waals surface area contributed by atoms with Gasteiger partial charge in [-0.05, 0) is 13.3 Å². The van der Waals surface area contributed by atoms with Crippen LogP contribution in [0.5, 0.6) is 0 Å². The van der Waals surface area contributed by atoms with Crippen molar-refractivity contribution in [1.82, 2.24) is 15.1 Å². The van der Waals surface area contributed by atoms with Gasteiger partial charge in [0.1, 0.15) is 17.4 Å². The second kappa shape index (κ2) is 7.63. The van der Waals surface area contributed by atoms with Crippen LogP contribution < -0.4 is 5.32 Å². The molecule has 0 saturated carbocycles. The molecule has 0 bridgehead atoms. The molecule has 0 aromatic carbocycles. The molecule has 4 nitrogen and oxygen atoms in total. The van der Waals surface area contributed by atoms with Crippen LogP contribution in [0.15, 0.2) is 0 Å². The highest BCUT2D eigenvalue weighted by Gasteiger charge is 2.31. The SMILES string of the molecule is CCCCNC(=O)C(C)n1nc(C(F)F)c(Cl)c1C(F)F. The van der Waals surface area contributed by atoms with E-state index in [1.165, 1.54) is 6.92 Å². The molecular formula is C12H16ClF4N3O. The molecule has 1 unspecified atom stereocenters. The normalized spacial score (nSPS) is 13.0. The number of halogens is 5. The molecule has 0 fully saturated rings. The number of hydrogen-bond donors (Lipinski definition) is 1. The van der Waals surface area contributed by atoms with Crippen molar-refractivity contribution in [2.75, 3.05) is 6.54 Å². The Kier molecular flexibility index (Phi) is 6.44. The van der Waals surface area contributed by atoms with Gasteiger partial charge in [-0.3, -0.25) is 4.79 Å². The van der Waals surface area contributed by atoms with Crippen molar-refractivity contribution in [2.24, 2.45) is 0 Å². The number of hydrogen-bond acceptors (Lipinski definition) is 2. The number of carbonyl (C=O) groups excluding carboxylic acids is 1. The average molecular weight is 330 g/mol. The third-order valence-electron chi connectivity index (χ3n) is 2.90. The van der Waals surface area contributed by atoms with E-state index in [0.717, 1.165) is 12.8 Å². The van der Waals surface area contributed by atoms with Crippen LogP contribution in [-0.4, -0.2) is 22.2 Å². The van der Waals surface area contributed by atoms with Crippen molar-refractivity contribution in [3.63, 3.8) is 0 Å². The first-order valence-electron chi connectivity index (χ1n) is 6.43. The quantitative estimate of drug-likeness (QED) is 0.609. The van der Waals surface area contributed by atoms with Crippen molar-refractivity contribution >= 4 is 17.5 Å². The lowest BCUT2D eigenvalue weighted by atomic mass is 10.2. The van der Waals surface area contributed by atoms with E-state index in [4.69, 9.17) is 11.6 Å². The van der Waals surface area contributed by atoms with Crippen LogP contribution in [-0.2, 0) is 4.79 Å². The second-order valence-electron chi connectivity index (χ2n) is 4.45. The molecule has 9 heteroatoms. The lowest BCUT2D eigenvalue weighted by Crippen LogP contribution is -2.33. The van der Waals surface area contributed by atoms with Gasteiger partial charge in [0.2, 0.25) is 5.91 Å². The van der Waals surface area contributed by atoms with Crippen LogP contribution in [0.25, 0.3) is 0 Å². The van der Waals surface area contributed by atoms with Gasteiger partial charge < -0.3 is 5.32 Å². The zero-order valence-electron chi connectivity index (χ0n) is 11.5. The van der Waals surface area contributed by atoms with Gasteiger partial charge in [-0.25, -0.2) is 22.2 Å². The zero-order valence-corrected chi connectivity index (χ0v) is 12.3. The van der Waals surface area contributed by atoms with E-state index in [0.29, 0.717) is 11.2 Å². The molecule has 1 atom stereocenters. The van der Waals surface area contributed by atoms with Gasteiger partial charge in [0.15, 0.2) is 0 Å². The number of unbranched alkanes of at least 4 members (excludes halogenated alkanes) is 1. The summed E-state index contributed by atoms with van der Waals surface area (Å²) in [6, 6.07) is -1.16. The first kappa shape index (κ1) is 17.7. The Hall–Kier alpha value is -1.31.